The van der Waals surface area contributed by atoms with Crippen LogP contribution in [0.5, 0.6) is 0 Å². The summed E-state index contributed by atoms with van der Waals surface area (Å²) in [6.07, 6.45) is 11.2. The molecular formula is C25H30ClN3O3. The predicted octanol–water partition coefficient (Wildman–Crippen LogP) is 4.22. The van der Waals surface area contributed by atoms with Crippen molar-refractivity contribution in [3.05, 3.63) is 68.6 Å². The van der Waals surface area contributed by atoms with E-state index in [0.717, 1.165) is 50.5 Å². The highest BCUT2D eigenvalue weighted by atomic mass is 35.5. The Hall–Kier alpha value is -2.60. The fourth-order valence-corrected chi connectivity index (χ4v) is 4.91. The molecule has 2 fully saturated rings. The topological polar surface area (TPSA) is 71.4 Å². The summed E-state index contributed by atoms with van der Waals surface area (Å²) in [5.74, 6) is -0.688. The Morgan fingerprint density at radius 2 is 1.72 bits per heavy atom. The van der Waals surface area contributed by atoms with Gasteiger partial charge in [-0.15, -0.1) is 0 Å². The molecule has 1 N–H and O–H groups in total. The van der Waals surface area contributed by atoms with Gasteiger partial charge in [0.2, 0.25) is 5.43 Å². The van der Waals surface area contributed by atoms with Crippen LogP contribution in [0.15, 0.2) is 41.5 Å². The van der Waals surface area contributed by atoms with Gasteiger partial charge in [0.15, 0.2) is 0 Å². The number of likely N-dealkylation sites (tertiary alicyclic amines) is 1. The van der Waals surface area contributed by atoms with Gasteiger partial charge in [0.1, 0.15) is 11.1 Å². The number of rotatable bonds is 6. The van der Waals surface area contributed by atoms with Gasteiger partial charge in [0.25, 0.3) is 11.8 Å². The summed E-state index contributed by atoms with van der Waals surface area (Å²) in [5.41, 5.74) is 0.692. The van der Waals surface area contributed by atoms with Gasteiger partial charge in [-0.1, -0.05) is 36.6 Å². The Morgan fingerprint density at radius 3 is 2.44 bits per heavy atom. The molecule has 1 saturated carbocycles. The third-order valence-electron chi connectivity index (χ3n) is 6.50. The van der Waals surface area contributed by atoms with E-state index in [1.54, 1.807) is 23.4 Å². The first kappa shape index (κ1) is 22.6. The Balaban J connectivity index is 1.56. The number of nitrogens with one attached hydrogen (secondary N) is 1. The first-order chi connectivity index (χ1) is 15.5. The van der Waals surface area contributed by atoms with Crippen molar-refractivity contribution in [1.82, 2.24) is 14.8 Å². The van der Waals surface area contributed by atoms with Gasteiger partial charge in [-0.05, 0) is 56.2 Å². The summed E-state index contributed by atoms with van der Waals surface area (Å²) < 4.78 is 1.93. The zero-order valence-electron chi connectivity index (χ0n) is 18.3. The van der Waals surface area contributed by atoms with Crippen molar-refractivity contribution in [3.8, 4) is 0 Å². The molecule has 1 aromatic heterocycles. The van der Waals surface area contributed by atoms with Gasteiger partial charge >= 0.3 is 0 Å². The van der Waals surface area contributed by atoms with Crippen molar-refractivity contribution >= 4 is 23.4 Å². The third kappa shape index (κ3) is 5.23. The minimum Gasteiger partial charge on any atom is -0.352 e. The number of nitrogens with zero attached hydrogens (tertiary/aromatic N) is 2. The van der Waals surface area contributed by atoms with Crippen LogP contribution in [0, 0.1) is 0 Å². The second kappa shape index (κ2) is 10.3. The molecule has 0 spiro atoms. The van der Waals surface area contributed by atoms with Crippen LogP contribution in [0.2, 0.25) is 5.02 Å². The van der Waals surface area contributed by atoms with Crippen LogP contribution in [0.1, 0.15) is 77.3 Å². The van der Waals surface area contributed by atoms with Gasteiger partial charge in [-0.3, -0.25) is 14.4 Å². The highest BCUT2D eigenvalue weighted by Gasteiger charge is 2.26. The number of aromatic nitrogens is 1. The van der Waals surface area contributed by atoms with Crippen LogP contribution in [0.25, 0.3) is 0 Å². The smallest absolute Gasteiger partial charge is 0.259 e. The number of pyridine rings is 1. The van der Waals surface area contributed by atoms with E-state index in [1.807, 2.05) is 22.8 Å². The molecule has 6 nitrogen and oxygen atoms in total. The third-order valence-corrected chi connectivity index (χ3v) is 6.73. The van der Waals surface area contributed by atoms with Crippen molar-refractivity contribution in [1.29, 1.82) is 0 Å². The van der Waals surface area contributed by atoms with Crippen LogP contribution < -0.4 is 10.7 Å². The molecule has 0 bridgehead atoms. The average Bonchev–Trinajstić information content (AvgIpc) is 3.34. The van der Waals surface area contributed by atoms with E-state index >= 15 is 0 Å². The van der Waals surface area contributed by atoms with Crippen LogP contribution in [-0.4, -0.2) is 40.9 Å². The number of carbonyl (C=O) groups excluding carboxylic acids is 2. The Kier molecular flexibility index (Phi) is 7.30. The van der Waals surface area contributed by atoms with Crippen molar-refractivity contribution in [2.24, 2.45) is 0 Å². The minimum atomic E-state index is -0.477. The molecule has 4 rings (SSSR count). The molecule has 2 aromatic rings. The summed E-state index contributed by atoms with van der Waals surface area (Å²) in [6.45, 7) is 1.71. The number of halogens is 1. The highest BCUT2D eigenvalue weighted by Crippen LogP contribution is 2.29. The van der Waals surface area contributed by atoms with E-state index in [4.69, 9.17) is 11.6 Å². The fourth-order valence-electron chi connectivity index (χ4n) is 4.70. The lowest BCUT2D eigenvalue weighted by Gasteiger charge is -2.27. The molecule has 1 saturated heterocycles. The van der Waals surface area contributed by atoms with Gasteiger partial charge < -0.3 is 14.8 Å². The number of hydrogen-bond donors (Lipinski definition) is 1. The summed E-state index contributed by atoms with van der Waals surface area (Å²) in [6, 6.07) is 7.71. The summed E-state index contributed by atoms with van der Waals surface area (Å²) in [5, 5.41) is 3.50. The zero-order valence-corrected chi connectivity index (χ0v) is 19.1. The second-order valence-electron chi connectivity index (χ2n) is 8.79. The lowest BCUT2D eigenvalue weighted by Crippen LogP contribution is -2.40. The number of piperidine rings is 1. The highest BCUT2D eigenvalue weighted by molar-refractivity contribution is 6.30. The molecule has 0 radical (unpaired) electrons. The van der Waals surface area contributed by atoms with Gasteiger partial charge in [0.05, 0.1) is 0 Å². The molecule has 1 aliphatic heterocycles. The van der Waals surface area contributed by atoms with E-state index in [2.05, 4.69) is 5.32 Å². The van der Waals surface area contributed by atoms with Crippen LogP contribution in [0.3, 0.4) is 0 Å². The van der Waals surface area contributed by atoms with Gasteiger partial charge in [0, 0.05) is 43.1 Å². The van der Waals surface area contributed by atoms with Crippen molar-refractivity contribution in [2.75, 3.05) is 19.6 Å². The molecule has 2 amide bonds. The zero-order chi connectivity index (χ0) is 22.5. The molecule has 7 heteroatoms. The predicted molar refractivity (Wildman–Crippen MR) is 125 cm³/mol. The molecule has 0 unspecified atom stereocenters. The molecule has 1 aromatic carbocycles. The van der Waals surface area contributed by atoms with E-state index in [0.29, 0.717) is 31.1 Å². The van der Waals surface area contributed by atoms with Crippen molar-refractivity contribution in [2.45, 2.75) is 57.4 Å². The fraction of sp³-hybridized carbons (Fsp3) is 0.480. The van der Waals surface area contributed by atoms with E-state index < -0.39 is 11.3 Å². The van der Waals surface area contributed by atoms with Gasteiger partial charge in [-0.25, -0.2) is 0 Å². The van der Waals surface area contributed by atoms with Crippen LogP contribution in [-0.2, 0) is 6.42 Å². The molecular weight excluding hydrogens is 426 g/mol. The number of carbonyl (C=O) groups is 2. The monoisotopic (exact) mass is 455 g/mol. The van der Waals surface area contributed by atoms with E-state index in [-0.39, 0.29) is 23.1 Å². The summed E-state index contributed by atoms with van der Waals surface area (Å²) >= 11 is 6.03. The molecule has 32 heavy (non-hydrogen) atoms. The normalized spacial score (nSPS) is 16.8. The Labute approximate surface area is 193 Å². The largest absolute Gasteiger partial charge is 0.352 e. The van der Waals surface area contributed by atoms with Gasteiger partial charge in [-0.2, -0.15) is 0 Å². The average molecular weight is 456 g/mol. The number of hydrogen-bond acceptors (Lipinski definition) is 3. The van der Waals surface area contributed by atoms with Crippen LogP contribution in [0.4, 0.5) is 0 Å². The molecule has 1 aliphatic carbocycles. The Bertz CT molecular complexity index is 1040. The van der Waals surface area contributed by atoms with E-state index in [9.17, 15) is 14.4 Å². The maximum Gasteiger partial charge on any atom is 0.259 e. The first-order valence-corrected chi connectivity index (χ1v) is 12.0. The maximum atomic E-state index is 13.2. The first-order valence-electron chi connectivity index (χ1n) is 11.6. The molecule has 170 valence electrons. The van der Waals surface area contributed by atoms with Crippen molar-refractivity contribution in [3.63, 3.8) is 0 Å². The second-order valence-corrected chi connectivity index (χ2v) is 9.23. The van der Waals surface area contributed by atoms with E-state index in [1.165, 1.54) is 0 Å². The number of amides is 2. The summed E-state index contributed by atoms with van der Waals surface area (Å²) in [7, 11) is 0. The molecule has 2 heterocycles. The quantitative estimate of drug-likeness (QED) is 0.709. The number of benzene rings is 1. The SMILES string of the molecule is O=C(NCCc1cccc(Cl)c1)c1cn(C2CCCC2)cc(C(=O)N2CCCCC2)c1=O. The minimum absolute atomic E-state index is 0.0471. The van der Waals surface area contributed by atoms with Crippen LogP contribution >= 0.6 is 11.6 Å². The summed E-state index contributed by atoms with van der Waals surface area (Å²) in [4.78, 5) is 41.1. The lowest BCUT2D eigenvalue weighted by atomic mass is 10.1. The van der Waals surface area contributed by atoms with Crippen molar-refractivity contribution < 1.29 is 9.59 Å². The molecule has 2 aliphatic rings. The Morgan fingerprint density at radius 1 is 1.00 bits per heavy atom. The maximum absolute atomic E-state index is 13.2. The molecule has 0 atom stereocenters. The standard InChI is InChI=1S/C25H30ClN3O3/c26-19-8-6-7-18(15-19)11-12-27-24(31)21-16-29(20-9-2-3-10-20)17-22(23(21)30)25(32)28-13-4-1-5-14-28/h6-8,15-17,20H,1-5,9-14H2,(H,27,31). The lowest BCUT2D eigenvalue weighted by molar-refractivity contribution is 0.0722.